The average molecular weight is 1590 g/mol. The van der Waals surface area contributed by atoms with Gasteiger partial charge in [0.2, 0.25) is 11.8 Å². The zero-order valence-electron chi connectivity index (χ0n) is 73.8. The van der Waals surface area contributed by atoms with Gasteiger partial charge in [0.25, 0.3) is 11.8 Å². The third kappa shape index (κ3) is 63.3. The van der Waals surface area contributed by atoms with Crippen LogP contribution in [0, 0.1) is 0 Å². The summed E-state index contributed by atoms with van der Waals surface area (Å²) in [6.07, 6.45) is 66.5. The smallest absolute Gasteiger partial charge is 0.349 e. The monoisotopic (exact) mass is 1590 g/mol. The van der Waals surface area contributed by atoms with Crippen molar-refractivity contribution in [1.29, 1.82) is 0 Å². The third-order valence-corrected chi connectivity index (χ3v) is 23.3. The fourth-order valence-corrected chi connectivity index (χ4v) is 16.1. The molecule has 2 rings (SSSR count). The zero-order chi connectivity index (χ0) is 82.1. The number of aliphatic hydroxyl groups excluding tert-OH is 6. The Morgan fingerprint density at radius 1 is 0.321 bits per heavy atom. The van der Waals surface area contributed by atoms with Crippen LogP contribution in [0.5, 0.6) is 0 Å². The van der Waals surface area contributed by atoms with Crippen molar-refractivity contribution in [2.75, 3.05) is 58.9 Å². The lowest BCUT2D eigenvalue weighted by Gasteiger charge is -2.31. The summed E-state index contributed by atoms with van der Waals surface area (Å²) in [5.41, 5.74) is 5.97. The first-order valence-corrected chi connectivity index (χ1v) is 48.1. The first-order valence-electron chi connectivity index (χ1n) is 48.1. The van der Waals surface area contributed by atoms with Gasteiger partial charge in [-0.2, -0.15) is 0 Å². The summed E-state index contributed by atoms with van der Waals surface area (Å²) in [6.45, 7) is 18.9. The van der Waals surface area contributed by atoms with Crippen molar-refractivity contribution in [2.45, 2.75) is 507 Å². The zero-order valence-corrected chi connectivity index (χ0v) is 73.8. The fraction of sp³-hybridized carbons (Fsp3) is 0.946. The van der Waals surface area contributed by atoms with Crippen molar-refractivity contribution >= 4 is 29.6 Å². The number of hydrogen-bond donors (Lipinski definition) is 9. The maximum absolute atomic E-state index is 13.3. The van der Waals surface area contributed by atoms with E-state index in [9.17, 15) is 54.6 Å². The molecule has 0 aliphatic carbocycles. The Labute approximate surface area is 687 Å². The molecule has 19 nitrogen and oxygen atoms in total. The molecule has 0 aromatic heterocycles. The standard InChI is InChI=1S/C60H120N4O6.C33H63N3O6/c1-5-9-13-17-21-25-29-33-41-53(65)49-63(50-54(66)42-34-30-26-22-18-14-10-6-2)47-39-37-45-57-59(69)62-58(60(70)61-57)46-38-40-48-64(51-55(67)43-35-31-27-23-19-15-11-7-3)52-56(68)44-36-32-28-24-20-16-12-8-4;1-3-5-7-9-11-13-15-17-21-29(38)27-35(26-28(37)20-16-14-12-10-8-6-4-2)25-19-18-22-30(34)33(41)42-36-31(39)23-24-32(36)40/h53-58,65-68H,5-52H2,1-4H3,(H,61,70)(H,62,69);28-30,37-38H,3-27,34H2,1-2H3/t53-,54-,55-,56-,57+,58+;28-,29-,30+/m00/s1. The summed E-state index contributed by atoms with van der Waals surface area (Å²) in [4.78, 5) is 73.7. The molecule has 662 valence electrons. The lowest BCUT2D eigenvalue weighted by atomic mass is 10.0. The first-order chi connectivity index (χ1) is 54.4. The second-order valence-corrected chi connectivity index (χ2v) is 34.6. The highest BCUT2D eigenvalue weighted by atomic mass is 16.7. The van der Waals surface area contributed by atoms with E-state index >= 15 is 0 Å². The van der Waals surface area contributed by atoms with Crippen LogP contribution in [0.4, 0.5) is 0 Å². The Morgan fingerprint density at radius 2 is 0.518 bits per heavy atom. The van der Waals surface area contributed by atoms with Crippen molar-refractivity contribution in [1.82, 2.24) is 30.4 Å². The van der Waals surface area contributed by atoms with Gasteiger partial charge in [-0.3, -0.25) is 33.9 Å². The maximum Gasteiger partial charge on any atom is 0.349 e. The van der Waals surface area contributed by atoms with Gasteiger partial charge in [-0.15, -0.1) is 5.06 Å². The highest BCUT2D eigenvalue weighted by molar-refractivity contribution is 6.01. The van der Waals surface area contributed by atoms with Crippen molar-refractivity contribution in [3.05, 3.63) is 0 Å². The number of nitrogens with two attached hydrogens (primary N) is 1. The third-order valence-electron chi connectivity index (χ3n) is 23.3. The van der Waals surface area contributed by atoms with Gasteiger partial charge in [0, 0.05) is 52.1 Å². The van der Waals surface area contributed by atoms with E-state index in [-0.39, 0.29) is 24.7 Å². The van der Waals surface area contributed by atoms with Gasteiger partial charge in [0.15, 0.2) is 0 Å². The van der Waals surface area contributed by atoms with E-state index in [2.05, 4.69) is 66.9 Å². The summed E-state index contributed by atoms with van der Waals surface area (Å²) < 4.78 is 0. The van der Waals surface area contributed by atoms with Crippen LogP contribution in [0.25, 0.3) is 0 Å². The number of nitrogens with one attached hydrogen (secondary N) is 2. The summed E-state index contributed by atoms with van der Waals surface area (Å²) in [5.74, 6) is -2.04. The molecule has 0 radical (unpaired) electrons. The van der Waals surface area contributed by atoms with Crippen LogP contribution in [0.3, 0.4) is 0 Å². The highest BCUT2D eigenvalue weighted by Gasteiger charge is 2.35. The number of unbranched alkanes of at least 4 members (excludes halogenated alkanes) is 44. The van der Waals surface area contributed by atoms with E-state index < -0.39 is 72.5 Å². The Morgan fingerprint density at radius 3 is 0.741 bits per heavy atom. The minimum absolute atomic E-state index is 0.0485. The van der Waals surface area contributed by atoms with Crippen molar-refractivity contribution < 1.29 is 59.4 Å². The van der Waals surface area contributed by atoms with Gasteiger partial charge in [-0.05, 0) is 110 Å². The number of rotatable bonds is 82. The number of aliphatic hydroxyl groups is 6. The van der Waals surface area contributed by atoms with Crippen LogP contribution < -0.4 is 16.4 Å². The molecule has 2 aliphatic rings. The van der Waals surface area contributed by atoms with E-state index in [4.69, 9.17) is 10.6 Å². The Balaban J connectivity index is 0.00000127. The van der Waals surface area contributed by atoms with Crippen LogP contribution in [-0.2, 0) is 28.8 Å². The molecule has 0 unspecified atom stereocenters. The van der Waals surface area contributed by atoms with Crippen LogP contribution in [0.2, 0.25) is 0 Å². The minimum atomic E-state index is -0.921. The molecule has 0 bridgehead atoms. The number of amides is 4. The maximum atomic E-state index is 13.3. The molecule has 0 aromatic rings. The summed E-state index contributed by atoms with van der Waals surface area (Å²) in [6, 6.07) is -2.01. The molecule has 112 heavy (non-hydrogen) atoms. The quantitative estimate of drug-likeness (QED) is 0.0202. The van der Waals surface area contributed by atoms with Crippen LogP contribution in [0.15, 0.2) is 0 Å². The average Bonchev–Trinajstić information content (AvgIpc) is 0.992. The van der Waals surface area contributed by atoms with Gasteiger partial charge >= 0.3 is 5.97 Å². The van der Waals surface area contributed by atoms with E-state index in [1.807, 2.05) is 0 Å². The Kier molecular flexibility index (Phi) is 73.5. The predicted octanol–water partition coefficient (Wildman–Crippen LogP) is 19.3. The number of imide groups is 1. The first kappa shape index (κ1) is 107. The number of hydroxylamine groups is 2. The van der Waals surface area contributed by atoms with Crippen LogP contribution in [-0.4, -0.2) is 194 Å². The number of hydrogen-bond acceptors (Lipinski definition) is 16. The number of nitrogens with zero attached hydrogens (tertiary/aromatic N) is 4. The SMILES string of the molecule is CCCCCCCCCC[C@H](O)CN(CCCC[C@@H](N)C(=O)ON1C(=O)CCC1=O)C[C@@H](O)CCCCCCCCC.CCCCCCCCCC[C@H](O)CN(CCCC[C@H]1NC(=O)[C@@H](CCCCN(C[C@@H](O)CCCCCCCCCC)C[C@@H](O)CCCCCCCCCC)NC1=O)C[C@@H](O)CCCCCCCCCC. The molecule has 0 saturated carbocycles. The number of piperazine rings is 1. The van der Waals surface area contributed by atoms with Gasteiger partial charge in [0.05, 0.1) is 36.6 Å². The normalized spacial score (nSPS) is 16.6. The van der Waals surface area contributed by atoms with Crippen LogP contribution >= 0.6 is 0 Å². The number of carbonyl (C=O) groups is 5. The summed E-state index contributed by atoms with van der Waals surface area (Å²) in [7, 11) is 0. The molecule has 2 fully saturated rings. The van der Waals surface area contributed by atoms with Gasteiger partial charge < -0.3 is 51.8 Å². The lowest BCUT2D eigenvalue weighted by Crippen LogP contribution is -2.61. The molecule has 4 amide bonds. The molecule has 2 saturated heterocycles. The minimum Gasteiger partial charge on any atom is -0.392 e. The van der Waals surface area contributed by atoms with Gasteiger partial charge in [-0.1, -0.05) is 350 Å². The van der Waals surface area contributed by atoms with E-state index in [0.717, 1.165) is 161 Å². The van der Waals surface area contributed by atoms with Gasteiger partial charge in [0.1, 0.15) is 18.1 Å². The molecule has 0 spiro atoms. The topological polar surface area (TPSA) is 279 Å². The van der Waals surface area contributed by atoms with Crippen molar-refractivity contribution in [2.24, 2.45) is 5.73 Å². The molecule has 0 aromatic carbocycles. The molecule has 10 N–H and O–H groups in total. The van der Waals surface area contributed by atoms with E-state index in [1.54, 1.807) is 0 Å². The lowest BCUT2D eigenvalue weighted by molar-refractivity contribution is -0.198. The fourth-order valence-electron chi connectivity index (χ4n) is 16.1. The predicted molar refractivity (Wildman–Crippen MR) is 465 cm³/mol. The second-order valence-electron chi connectivity index (χ2n) is 34.6. The van der Waals surface area contributed by atoms with Crippen LogP contribution in [0.1, 0.15) is 452 Å². The largest absolute Gasteiger partial charge is 0.392 e. The Bertz CT molecular complexity index is 2000. The molecule has 19 heteroatoms. The van der Waals surface area contributed by atoms with E-state index in [1.165, 1.54) is 225 Å². The van der Waals surface area contributed by atoms with Gasteiger partial charge in [-0.25, -0.2) is 4.79 Å². The van der Waals surface area contributed by atoms with Crippen molar-refractivity contribution in [3.63, 3.8) is 0 Å². The molecular weight excluding hydrogens is 1410 g/mol. The molecular formula is C93H183N7O12. The van der Waals surface area contributed by atoms with Crippen molar-refractivity contribution in [3.8, 4) is 0 Å². The van der Waals surface area contributed by atoms with E-state index in [0.29, 0.717) is 76.6 Å². The number of carbonyl (C=O) groups excluding carboxylic acids is 5. The molecule has 2 aliphatic heterocycles. The molecule has 2 heterocycles. The highest BCUT2D eigenvalue weighted by Crippen LogP contribution is 2.22. The summed E-state index contributed by atoms with van der Waals surface area (Å²) >= 11 is 0. The second kappa shape index (κ2) is 76.8. The molecule has 9 atom stereocenters. The summed E-state index contributed by atoms with van der Waals surface area (Å²) in [5, 5.41) is 72.3. The Hall–Kier alpha value is -2.85.